The molecule has 4 nitrogen and oxygen atoms in total. The van der Waals surface area contributed by atoms with Crippen molar-refractivity contribution in [3.05, 3.63) is 54.1 Å². The van der Waals surface area contributed by atoms with Crippen molar-refractivity contribution >= 4 is 17.3 Å². The maximum atomic E-state index is 5.17. The highest BCUT2D eigenvalue weighted by Gasteiger charge is 1.96. The fourth-order valence-electron chi connectivity index (χ4n) is 1.60. The van der Waals surface area contributed by atoms with Crippen LogP contribution in [0.3, 0.4) is 0 Å². The van der Waals surface area contributed by atoms with E-state index in [9.17, 15) is 0 Å². The van der Waals surface area contributed by atoms with Crippen LogP contribution < -0.4 is 10.7 Å². The molecular formula is C15H18N4S. The highest BCUT2D eigenvalue weighted by molar-refractivity contribution is 7.80. The summed E-state index contributed by atoms with van der Waals surface area (Å²) >= 11 is 5.17. The number of thiocarbonyl (C=S) groups is 1. The van der Waals surface area contributed by atoms with Crippen LogP contribution in [0.1, 0.15) is 13.8 Å². The van der Waals surface area contributed by atoms with Gasteiger partial charge in [0, 0.05) is 12.7 Å². The van der Waals surface area contributed by atoms with Gasteiger partial charge in [0.1, 0.15) is 0 Å². The van der Waals surface area contributed by atoms with Crippen LogP contribution in [0.25, 0.3) is 5.69 Å². The Bertz CT molecular complexity index is 611. The molecule has 1 aromatic carbocycles. The zero-order chi connectivity index (χ0) is 14.4. The maximum absolute atomic E-state index is 5.17. The predicted octanol–water partition coefficient (Wildman–Crippen LogP) is 2.30. The van der Waals surface area contributed by atoms with Crippen LogP contribution in [-0.2, 0) is 0 Å². The van der Waals surface area contributed by atoms with Gasteiger partial charge in [-0.2, -0.15) is 5.10 Å². The van der Waals surface area contributed by atoms with E-state index in [1.165, 1.54) is 0 Å². The van der Waals surface area contributed by atoms with Gasteiger partial charge in [-0.15, -0.1) is 0 Å². The normalized spacial score (nSPS) is 11.7. The SMILES string of the molecule is CC(C)CNC(=S)N=c1ccn(-c2ccccc2)nc1. The first-order valence-corrected chi connectivity index (χ1v) is 6.99. The third kappa shape index (κ3) is 4.28. The lowest BCUT2D eigenvalue weighted by atomic mass is 10.2. The van der Waals surface area contributed by atoms with E-state index in [1.54, 1.807) is 10.9 Å². The average molecular weight is 286 g/mol. The summed E-state index contributed by atoms with van der Waals surface area (Å²) in [5.74, 6) is 0.539. The minimum absolute atomic E-state index is 0.498. The highest BCUT2D eigenvalue weighted by atomic mass is 32.1. The molecule has 0 unspecified atom stereocenters. The van der Waals surface area contributed by atoms with Crippen LogP contribution in [0, 0.1) is 5.92 Å². The Morgan fingerprint density at radius 1 is 1.30 bits per heavy atom. The molecule has 0 bridgehead atoms. The summed E-state index contributed by atoms with van der Waals surface area (Å²) in [6.45, 7) is 5.08. The lowest BCUT2D eigenvalue weighted by Gasteiger charge is -2.06. The third-order valence-electron chi connectivity index (χ3n) is 2.61. The lowest BCUT2D eigenvalue weighted by Crippen LogP contribution is -2.26. The summed E-state index contributed by atoms with van der Waals surface area (Å²) in [4.78, 5) is 4.31. The molecule has 0 fully saturated rings. The lowest BCUT2D eigenvalue weighted by molar-refractivity contribution is 0.625. The fraction of sp³-hybridized carbons (Fsp3) is 0.267. The van der Waals surface area contributed by atoms with Crippen molar-refractivity contribution in [2.75, 3.05) is 6.54 Å². The van der Waals surface area contributed by atoms with Crippen molar-refractivity contribution in [3.63, 3.8) is 0 Å². The van der Waals surface area contributed by atoms with E-state index in [2.05, 4.69) is 29.3 Å². The molecule has 0 aliphatic heterocycles. The molecule has 0 saturated heterocycles. The number of benzene rings is 1. The van der Waals surface area contributed by atoms with Crippen molar-refractivity contribution in [2.45, 2.75) is 13.8 Å². The molecule has 5 heteroatoms. The molecule has 2 aromatic rings. The number of hydrogen-bond acceptors (Lipinski definition) is 2. The fourth-order valence-corrected chi connectivity index (χ4v) is 1.79. The van der Waals surface area contributed by atoms with Gasteiger partial charge in [0.15, 0.2) is 5.11 Å². The molecule has 2 rings (SSSR count). The van der Waals surface area contributed by atoms with Gasteiger partial charge in [-0.1, -0.05) is 32.0 Å². The topological polar surface area (TPSA) is 42.2 Å². The van der Waals surface area contributed by atoms with Gasteiger partial charge in [0.2, 0.25) is 0 Å². The zero-order valence-electron chi connectivity index (χ0n) is 11.7. The number of nitrogens with one attached hydrogen (secondary N) is 1. The number of aromatic nitrogens is 2. The summed E-state index contributed by atoms with van der Waals surface area (Å²) in [6.07, 6.45) is 3.58. The number of hydrogen-bond donors (Lipinski definition) is 1. The van der Waals surface area contributed by atoms with Gasteiger partial charge in [-0.25, -0.2) is 9.67 Å². The molecule has 1 heterocycles. The van der Waals surface area contributed by atoms with Crippen molar-refractivity contribution in [1.82, 2.24) is 15.1 Å². The minimum atomic E-state index is 0.498. The molecule has 104 valence electrons. The summed E-state index contributed by atoms with van der Waals surface area (Å²) in [5.41, 5.74) is 1.01. The van der Waals surface area contributed by atoms with E-state index >= 15 is 0 Å². The van der Waals surface area contributed by atoms with E-state index in [-0.39, 0.29) is 0 Å². The Balaban J connectivity index is 2.10. The summed E-state index contributed by atoms with van der Waals surface area (Å²) in [6, 6.07) is 11.8. The molecule has 0 spiro atoms. The molecule has 0 amide bonds. The number of nitrogens with zero attached hydrogens (tertiary/aromatic N) is 3. The van der Waals surface area contributed by atoms with E-state index in [4.69, 9.17) is 12.2 Å². The maximum Gasteiger partial charge on any atom is 0.193 e. The first kappa shape index (κ1) is 14.4. The van der Waals surface area contributed by atoms with E-state index in [0.29, 0.717) is 11.0 Å². The number of rotatable bonds is 3. The van der Waals surface area contributed by atoms with E-state index < -0.39 is 0 Å². The molecule has 1 N–H and O–H groups in total. The van der Waals surface area contributed by atoms with Gasteiger partial charge in [-0.3, -0.25) is 0 Å². The van der Waals surface area contributed by atoms with E-state index in [1.807, 2.05) is 42.6 Å². The van der Waals surface area contributed by atoms with Gasteiger partial charge in [-0.05, 0) is 36.3 Å². The quantitative estimate of drug-likeness (QED) is 0.880. The van der Waals surface area contributed by atoms with Crippen LogP contribution >= 0.6 is 12.2 Å². The summed E-state index contributed by atoms with van der Waals surface area (Å²) in [5, 5.41) is 8.69. The van der Waals surface area contributed by atoms with Gasteiger partial charge < -0.3 is 5.32 Å². The van der Waals surface area contributed by atoms with Crippen molar-refractivity contribution in [1.29, 1.82) is 0 Å². The second kappa shape index (κ2) is 6.96. The minimum Gasteiger partial charge on any atom is -0.361 e. The summed E-state index contributed by atoms with van der Waals surface area (Å²) < 4.78 is 1.80. The van der Waals surface area contributed by atoms with Gasteiger partial charge >= 0.3 is 0 Å². The van der Waals surface area contributed by atoms with Crippen LogP contribution in [0.4, 0.5) is 0 Å². The van der Waals surface area contributed by atoms with Crippen molar-refractivity contribution in [2.24, 2.45) is 10.9 Å². The molecule has 0 radical (unpaired) electrons. The Morgan fingerprint density at radius 2 is 2.05 bits per heavy atom. The summed E-state index contributed by atoms with van der Waals surface area (Å²) in [7, 11) is 0. The Labute approximate surface area is 124 Å². The molecule has 20 heavy (non-hydrogen) atoms. The monoisotopic (exact) mass is 286 g/mol. The molecule has 0 saturated carbocycles. The molecule has 0 atom stereocenters. The van der Waals surface area contributed by atoms with Crippen molar-refractivity contribution in [3.8, 4) is 5.69 Å². The first-order chi connectivity index (χ1) is 9.65. The molecule has 0 aliphatic rings. The van der Waals surface area contributed by atoms with Gasteiger partial charge in [0.05, 0.1) is 17.2 Å². The molecule has 0 aliphatic carbocycles. The van der Waals surface area contributed by atoms with Crippen LogP contribution in [-0.4, -0.2) is 21.4 Å². The highest BCUT2D eigenvalue weighted by Crippen LogP contribution is 2.02. The molecular weight excluding hydrogens is 268 g/mol. The standard InChI is InChI=1S/C15H18N4S/c1-12(2)10-16-15(20)18-13-8-9-19(17-11-13)14-6-4-3-5-7-14/h3-9,11-12H,10H2,1-2H3,(H,16,20). The Hall–Kier alpha value is -2.01. The second-order valence-corrected chi connectivity index (χ2v) is 5.24. The van der Waals surface area contributed by atoms with Crippen molar-refractivity contribution < 1.29 is 0 Å². The van der Waals surface area contributed by atoms with Crippen LogP contribution in [0.2, 0.25) is 0 Å². The second-order valence-electron chi connectivity index (χ2n) is 4.86. The molecule has 1 aromatic heterocycles. The Morgan fingerprint density at radius 3 is 2.65 bits per heavy atom. The smallest absolute Gasteiger partial charge is 0.193 e. The predicted molar refractivity (Wildman–Crippen MR) is 84.6 cm³/mol. The zero-order valence-corrected chi connectivity index (χ0v) is 12.5. The van der Waals surface area contributed by atoms with Crippen LogP contribution in [0.5, 0.6) is 0 Å². The third-order valence-corrected chi connectivity index (χ3v) is 2.85. The van der Waals surface area contributed by atoms with Gasteiger partial charge in [0.25, 0.3) is 0 Å². The average Bonchev–Trinajstić information content (AvgIpc) is 2.47. The van der Waals surface area contributed by atoms with E-state index in [0.717, 1.165) is 17.6 Å². The number of para-hydroxylation sites is 1. The Kier molecular flexibility index (Phi) is 5.01. The van der Waals surface area contributed by atoms with Crippen LogP contribution in [0.15, 0.2) is 53.8 Å². The largest absolute Gasteiger partial charge is 0.361 e. The first-order valence-electron chi connectivity index (χ1n) is 6.58.